The summed E-state index contributed by atoms with van der Waals surface area (Å²) in [6.07, 6.45) is 2.55. The fraction of sp³-hybridized carbons (Fsp3) is 0.500. The topological polar surface area (TPSA) is 63.6 Å². The lowest BCUT2D eigenvalue weighted by Crippen LogP contribution is -2.10. The molecule has 0 aliphatic carbocycles. The van der Waals surface area contributed by atoms with Crippen LogP contribution in [0.25, 0.3) is 0 Å². The number of hydrogen-bond acceptors (Lipinski definition) is 3. The van der Waals surface area contributed by atoms with E-state index in [0.29, 0.717) is 24.5 Å². The quantitative estimate of drug-likeness (QED) is 0.585. The third kappa shape index (κ3) is 6.36. The molecule has 4 heteroatoms. The molecule has 0 atom stereocenters. The molecule has 20 heavy (non-hydrogen) atoms. The van der Waals surface area contributed by atoms with Gasteiger partial charge >= 0.3 is 11.9 Å². The Labute approximate surface area is 119 Å². The number of ether oxygens (including phenoxy) is 1. The van der Waals surface area contributed by atoms with Gasteiger partial charge in [0.05, 0.1) is 12.2 Å². The molecule has 110 valence electrons. The van der Waals surface area contributed by atoms with E-state index < -0.39 is 5.97 Å². The zero-order valence-corrected chi connectivity index (χ0v) is 12.1. The molecule has 1 aromatic carbocycles. The van der Waals surface area contributed by atoms with Gasteiger partial charge in [0.1, 0.15) is 0 Å². The van der Waals surface area contributed by atoms with Crippen LogP contribution in [0.4, 0.5) is 0 Å². The van der Waals surface area contributed by atoms with Crippen LogP contribution in [0.3, 0.4) is 0 Å². The Morgan fingerprint density at radius 1 is 1.15 bits per heavy atom. The minimum absolute atomic E-state index is 0.208. The second-order valence-corrected chi connectivity index (χ2v) is 5.29. The number of carboxylic acid groups (broad SMARTS) is 1. The van der Waals surface area contributed by atoms with E-state index in [-0.39, 0.29) is 12.4 Å². The van der Waals surface area contributed by atoms with E-state index in [2.05, 4.69) is 0 Å². The van der Waals surface area contributed by atoms with Crippen molar-refractivity contribution < 1.29 is 19.4 Å². The predicted molar refractivity (Wildman–Crippen MR) is 76.8 cm³/mol. The predicted octanol–water partition coefficient (Wildman–Crippen LogP) is 3.30. The van der Waals surface area contributed by atoms with Gasteiger partial charge in [0.2, 0.25) is 0 Å². The molecule has 0 aliphatic rings. The molecule has 4 nitrogen and oxygen atoms in total. The number of aliphatic carboxylic acids is 1. The normalized spacial score (nSPS) is 10.6. The SMILES string of the molecule is CC(C)COC(=O)c1ccc(CCCCC(=O)O)cc1. The van der Waals surface area contributed by atoms with Crippen LogP contribution in [0.1, 0.15) is 49.0 Å². The maximum atomic E-state index is 11.7. The fourth-order valence-electron chi connectivity index (χ4n) is 1.74. The van der Waals surface area contributed by atoms with Gasteiger partial charge in [-0.2, -0.15) is 0 Å². The first-order valence-corrected chi connectivity index (χ1v) is 6.97. The highest BCUT2D eigenvalue weighted by atomic mass is 16.5. The molecule has 0 unspecified atom stereocenters. The smallest absolute Gasteiger partial charge is 0.338 e. The van der Waals surface area contributed by atoms with Gasteiger partial charge in [0, 0.05) is 6.42 Å². The molecular weight excluding hydrogens is 256 g/mol. The summed E-state index contributed by atoms with van der Waals surface area (Å²) >= 11 is 0. The molecule has 1 aromatic rings. The molecule has 0 saturated heterocycles. The van der Waals surface area contributed by atoms with Crippen molar-refractivity contribution in [2.45, 2.75) is 39.5 Å². The second-order valence-electron chi connectivity index (χ2n) is 5.29. The highest BCUT2D eigenvalue weighted by Crippen LogP contribution is 2.10. The van der Waals surface area contributed by atoms with Crippen LogP contribution in [-0.4, -0.2) is 23.7 Å². The largest absolute Gasteiger partial charge is 0.481 e. The van der Waals surface area contributed by atoms with Crippen molar-refractivity contribution in [3.8, 4) is 0 Å². The molecule has 0 radical (unpaired) electrons. The number of esters is 1. The summed E-state index contributed by atoms with van der Waals surface area (Å²) in [5.74, 6) is -0.725. The van der Waals surface area contributed by atoms with Gasteiger partial charge < -0.3 is 9.84 Å². The Morgan fingerprint density at radius 2 is 1.80 bits per heavy atom. The van der Waals surface area contributed by atoms with Gasteiger partial charge in [0.25, 0.3) is 0 Å². The van der Waals surface area contributed by atoms with Crippen LogP contribution in [0.15, 0.2) is 24.3 Å². The summed E-state index contributed by atoms with van der Waals surface area (Å²) in [4.78, 5) is 22.1. The Bertz CT molecular complexity index is 434. The monoisotopic (exact) mass is 278 g/mol. The van der Waals surface area contributed by atoms with E-state index in [9.17, 15) is 9.59 Å². The highest BCUT2D eigenvalue weighted by molar-refractivity contribution is 5.89. The summed E-state index contributed by atoms with van der Waals surface area (Å²) in [5, 5.41) is 8.55. The second kappa shape index (κ2) is 8.35. The molecule has 0 aromatic heterocycles. The summed E-state index contributed by atoms with van der Waals surface area (Å²) in [6.45, 7) is 4.41. The maximum Gasteiger partial charge on any atom is 0.338 e. The van der Waals surface area contributed by atoms with Gasteiger partial charge in [-0.1, -0.05) is 26.0 Å². The van der Waals surface area contributed by atoms with Gasteiger partial charge in [-0.25, -0.2) is 4.79 Å². The van der Waals surface area contributed by atoms with E-state index in [4.69, 9.17) is 9.84 Å². The van der Waals surface area contributed by atoms with Crippen molar-refractivity contribution in [1.29, 1.82) is 0 Å². The number of hydrogen-bond donors (Lipinski definition) is 1. The highest BCUT2D eigenvalue weighted by Gasteiger charge is 2.07. The molecule has 0 fully saturated rings. The van der Waals surface area contributed by atoms with Gasteiger partial charge in [-0.15, -0.1) is 0 Å². The first-order valence-electron chi connectivity index (χ1n) is 6.97. The van der Waals surface area contributed by atoms with Gasteiger partial charge in [-0.05, 0) is 42.9 Å². The summed E-state index contributed by atoms with van der Waals surface area (Å²) in [7, 11) is 0. The molecule has 0 heterocycles. The molecule has 0 amide bonds. The molecule has 1 rings (SSSR count). The van der Waals surface area contributed by atoms with Crippen LogP contribution in [-0.2, 0) is 16.0 Å². The van der Waals surface area contributed by atoms with Crippen molar-refractivity contribution >= 4 is 11.9 Å². The number of carbonyl (C=O) groups is 2. The third-order valence-corrected chi connectivity index (χ3v) is 2.84. The van der Waals surface area contributed by atoms with Crippen molar-refractivity contribution in [1.82, 2.24) is 0 Å². The molecular formula is C16H22O4. The zero-order chi connectivity index (χ0) is 15.0. The molecule has 0 spiro atoms. The average Bonchev–Trinajstić information content (AvgIpc) is 2.41. The van der Waals surface area contributed by atoms with Crippen LogP contribution >= 0.6 is 0 Å². The summed E-state index contributed by atoms with van der Waals surface area (Å²) < 4.78 is 5.15. The molecule has 0 bridgehead atoms. The van der Waals surface area contributed by atoms with E-state index in [1.165, 1.54) is 0 Å². The van der Waals surface area contributed by atoms with Crippen LogP contribution in [0.5, 0.6) is 0 Å². The lowest BCUT2D eigenvalue weighted by molar-refractivity contribution is -0.137. The minimum atomic E-state index is -0.756. The summed E-state index contributed by atoms with van der Waals surface area (Å²) in [6, 6.07) is 7.31. The Hall–Kier alpha value is -1.84. The van der Waals surface area contributed by atoms with Crippen LogP contribution in [0, 0.1) is 5.92 Å². The average molecular weight is 278 g/mol. The minimum Gasteiger partial charge on any atom is -0.481 e. The Kier molecular flexibility index (Phi) is 6.77. The number of rotatable bonds is 8. The van der Waals surface area contributed by atoms with Crippen LogP contribution in [0.2, 0.25) is 0 Å². The number of carboxylic acids is 1. The first kappa shape index (κ1) is 16.2. The standard InChI is InChI=1S/C16H22O4/c1-12(2)11-20-16(19)14-9-7-13(8-10-14)5-3-4-6-15(17)18/h7-10,12H,3-6,11H2,1-2H3,(H,17,18). The Balaban J connectivity index is 2.39. The lowest BCUT2D eigenvalue weighted by atomic mass is 10.1. The maximum absolute atomic E-state index is 11.7. The molecule has 0 saturated carbocycles. The fourth-order valence-corrected chi connectivity index (χ4v) is 1.74. The van der Waals surface area contributed by atoms with E-state index in [0.717, 1.165) is 18.4 Å². The van der Waals surface area contributed by atoms with E-state index >= 15 is 0 Å². The third-order valence-electron chi connectivity index (χ3n) is 2.84. The number of carbonyl (C=O) groups excluding carboxylic acids is 1. The van der Waals surface area contributed by atoms with Crippen molar-refractivity contribution in [3.05, 3.63) is 35.4 Å². The number of aryl methyl sites for hydroxylation is 1. The van der Waals surface area contributed by atoms with E-state index in [1.807, 2.05) is 26.0 Å². The first-order chi connectivity index (χ1) is 9.49. The van der Waals surface area contributed by atoms with Crippen molar-refractivity contribution in [3.63, 3.8) is 0 Å². The summed E-state index contributed by atoms with van der Waals surface area (Å²) in [5.41, 5.74) is 1.66. The van der Waals surface area contributed by atoms with Crippen molar-refractivity contribution in [2.24, 2.45) is 5.92 Å². The lowest BCUT2D eigenvalue weighted by Gasteiger charge is -2.07. The number of benzene rings is 1. The Morgan fingerprint density at radius 3 is 2.35 bits per heavy atom. The van der Waals surface area contributed by atoms with Gasteiger partial charge in [-0.3, -0.25) is 4.79 Å². The molecule has 0 aliphatic heterocycles. The number of unbranched alkanes of at least 4 members (excludes halogenated alkanes) is 1. The van der Waals surface area contributed by atoms with Crippen molar-refractivity contribution in [2.75, 3.05) is 6.61 Å². The van der Waals surface area contributed by atoms with Gasteiger partial charge in [0.15, 0.2) is 0 Å². The van der Waals surface area contributed by atoms with Crippen LogP contribution < -0.4 is 0 Å². The molecule has 1 N–H and O–H groups in total. The zero-order valence-electron chi connectivity index (χ0n) is 12.1. The van der Waals surface area contributed by atoms with E-state index in [1.54, 1.807) is 12.1 Å².